The van der Waals surface area contributed by atoms with Gasteiger partial charge in [0.1, 0.15) is 12.9 Å². The molecule has 0 radical (unpaired) electrons. The van der Waals surface area contributed by atoms with Crippen LogP contribution in [0.25, 0.3) is 16.9 Å². The fourth-order valence-electron chi connectivity index (χ4n) is 3.16. The lowest BCUT2D eigenvalue weighted by Gasteiger charge is -2.08. The van der Waals surface area contributed by atoms with Gasteiger partial charge in [-0.25, -0.2) is 4.98 Å². The minimum Gasteiger partial charge on any atom is -0.454 e. The molecule has 5 rings (SSSR count). The summed E-state index contributed by atoms with van der Waals surface area (Å²) in [5.74, 6) is 1.00. The average Bonchev–Trinajstić information content (AvgIpc) is 3.42. The zero-order chi connectivity index (χ0) is 20.5. The Morgan fingerprint density at radius 1 is 1.10 bits per heavy atom. The van der Waals surface area contributed by atoms with Crippen molar-refractivity contribution in [1.29, 1.82) is 0 Å². The standard InChI is InChI=1S/C20H16N6O4/c27-17(21-9-13-6-7-15-16(8-13)30-12-29-15)10-25-11-22-19-18(20(25)28)23-24-26(19)14-4-2-1-3-5-14/h1-8,11H,9-10,12H2,(H,21,27). The Balaban J connectivity index is 1.31. The van der Waals surface area contributed by atoms with Crippen LogP contribution in [-0.4, -0.2) is 37.2 Å². The van der Waals surface area contributed by atoms with Crippen LogP contribution in [0.1, 0.15) is 5.56 Å². The van der Waals surface area contributed by atoms with E-state index in [1.54, 1.807) is 6.07 Å². The third kappa shape index (κ3) is 3.24. The van der Waals surface area contributed by atoms with E-state index >= 15 is 0 Å². The van der Waals surface area contributed by atoms with Crippen molar-refractivity contribution in [2.24, 2.45) is 0 Å². The number of benzene rings is 2. The number of hydrogen-bond acceptors (Lipinski definition) is 7. The number of hydrogen-bond donors (Lipinski definition) is 1. The van der Waals surface area contributed by atoms with Gasteiger partial charge in [0, 0.05) is 6.54 Å². The first kappa shape index (κ1) is 17.9. The Bertz CT molecular complexity index is 1300. The molecule has 2 aromatic carbocycles. The van der Waals surface area contributed by atoms with Crippen LogP contribution >= 0.6 is 0 Å². The van der Waals surface area contributed by atoms with E-state index in [1.165, 1.54) is 15.6 Å². The van der Waals surface area contributed by atoms with Gasteiger partial charge >= 0.3 is 0 Å². The molecular weight excluding hydrogens is 388 g/mol. The highest BCUT2D eigenvalue weighted by molar-refractivity contribution is 5.76. The molecule has 3 heterocycles. The van der Waals surface area contributed by atoms with E-state index in [1.807, 2.05) is 42.5 Å². The molecule has 0 fully saturated rings. The number of fused-ring (bicyclic) bond motifs is 2. The predicted molar refractivity (Wildman–Crippen MR) is 105 cm³/mol. The molecule has 0 bridgehead atoms. The molecule has 0 unspecified atom stereocenters. The van der Waals surface area contributed by atoms with E-state index in [-0.39, 0.29) is 24.8 Å². The van der Waals surface area contributed by atoms with E-state index in [9.17, 15) is 9.59 Å². The summed E-state index contributed by atoms with van der Waals surface area (Å²) in [6, 6.07) is 14.7. The Hall–Kier alpha value is -4.21. The summed E-state index contributed by atoms with van der Waals surface area (Å²) in [6.07, 6.45) is 1.33. The number of carbonyl (C=O) groups excluding carboxylic acids is 1. The minimum atomic E-state index is -0.430. The SMILES string of the molecule is O=C(Cn1cnc2c(nnn2-c2ccccc2)c1=O)NCc1ccc2c(c1)OCO2. The van der Waals surface area contributed by atoms with Crippen LogP contribution in [0.4, 0.5) is 0 Å². The molecule has 0 atom stereocenters. The van der Waals surface area contributed by atoms with Crippen LogP contribution in [-0.2, 0) is 17.9 Å². The average molecular weight is 404 g/mol. The minimum absolute atomic E-state index is 0.102. The van der Waals surface area contributed by atoms with Crippen LogP contribution in [0.3, 0.4) is 0 Å². The van der Waals surface area contributed by atoms with Crippen molar-refractivity contribution in [3.05, 3.63) is 70.8 Å². The molecule has 0 saturated carbocycles. The highest BCUT2D eigenvalue weighted by Crippen LogP contribution is 2.32. The second kappa shape index (κ2) is 7.32. The van der Waals surface area contributed by atoms with Crippen molar-refractivity contribution in [2.75, 3.05) is 6.79 Å². The molecular formula is C20H16N6O4. The van der Waals surface area contributed by atoms with Crippen LogP contribution in [0, 0.1) is 0 Å². The monoisotopic (exact) mass is 404 g/mol. The number of aromatic nitrogens is 5. The summed E-state index contributed by atoms with van der Waals surface area (Å²) >= 11 is 0. The van der Waals surface area contributed by atoms with Crippen LogP contribution < -0.4 is 20.3 Å². The molecule has 2 aromatic heterocycles. The Morgan fingerprint density at radius 3 is 2.80 bits per heavy atom. The van der Waals surface area contributed by atoms with Gasteiger partial charge in [-0.1, -0.05) is 29.5 Å². The topological polar surface area (TPSA) is 113 Å². The van der Waals surface area contributed by atoms with Crippen molar-refractivity contribution >= 4 is 17.1 Å². The maximum atomic E-state index is 12.7. The van der Waals surface area contributed by atoms with Crippen molar-refractivity contribution in [3.63, 3.8) is 0 Å². The number of rotatable bonds is 5. The van der Waals surface area contributed by atoms with E-state index in [4.69, 9.17) is 9.47 Å². The second-order valence-electron chi connectivity index (χ2n) is 6.65. The highest BCUT2D eigenvalue weighted by Gasteiger charge is 2.16. The third-order valence-electron chi connectivity index (χ3n) is 4.67. The highest BCUT2D eigenvalue weighted by atomic mass is 16.7. The van der Waals surface area contributed by atoms with Gasteiger partial charge in [0.25, 0.3) is 5.56 Å². The molecule has 10 nitrogen and oxygen atoms in total. The number of amides is 1. The maximum Gasteiger partial charge on any atom is 0.284 e. The number of ether oxygens (including phenoxy) is 2. The normalized spacial score (nSPS) is 12.3. The molecule has 0 saturated heterocycles. The van der Waals surface area contributed by atoms with E-state index < -0.39 is 5.56 Å². The predicted octanol–water partition coefficient (Wildman–Crippen LogP) is 1.02. The molecule has 4 aromatic rings. The van der Waals surface area contributed by atoms with Gasteiger partial charge in [-0.3, -0.25) is 14.2 Å². The molecule has 1 aliphatic heterocycles. The summed E-state index contributed by atoms with van der Waals surface area (Å²) in [5.41, 5.74) is 1.61. The summed E-state index contributed by atoms with van der Waals surface area (Å²) in [4.78, 5) is 29.3. The van der Waals surface area contributed by atoms with Crippen LogP contribution in [0.5, 0.6) is 11.5 Å². The van der Waals surface area contributed by atoms with Crippen molar-refractivity contribution < 1.29 is 14.3 Å². The summed E-state index contributed by atoms with van der Waals surface area (Å²) in [6.45, 7) is 0.313. The lowest BCUT2D eigenvalue weighted by atomic mass is 10.2. The maximum absolute atomic E-state index is 12.7. The lowest BCUT2D eigenvalue weighted by Crippen LogP contribution is -2.32. The number of nitrogens with one attached hydrogen (secondary N) is 1. The Labute approximate surface area is 169 Å². The summed E-state index contributed by atoms with van der Waals surface area (Å²) in [7, 11) is 0. The third-order valence-corrected chi connectivity index (χ3v) is 4.67. The Morgan fingerprint density at radius 2 is 1.93 bits per heavy atom. The lowest BCUT2D eigenvalue weighted by molar-refractivity contribution is -0.121. The van der Waals surface area contributed by atoms with Gasteiger partial charge in [-0.15, -0.1) is 5.10 Å². The van der Waals surface area contributed by atoms with Gasteiger partial charge in [0.15, 0.2) is 22.7 Å². The smallest absolute Gasteiger partial charge is 0.284 e. The molecule has 1 N–H and O–H groups in total. The first-order valence-corrected chi connectivity index (χ1v) is 9.20. The van der Waals surface area contributed by atoms with Gasteiger partial charge in [-0.2, -0.15) is 4.68 Å². The van der Waals surface area contributed by atoms with E-state index in [0.29, 0.717) is 23.7 Å². The van der Waals surface area contributed by atoms with E-state index in [0.717, 1.165) is 11.3 Å². The molecule has 1 aliphatic rings. The number of carbonyl (C=O) groups is 1. The second-order valence-corrected chi connectivity index (χ2v) is 6.65. The number of para-hydroxylation sites is 1. The van der Waals surface area contributed by atoms with E-state index in [2.05, 4.69) is 20.6 Å². The zero-order valence-corrected chi connectivity index (χ0v) is 15.7. The summed E-state index contributed by atoms with van der Waals surface area (Å²) in [5, 5.41) is 10.7. The van der Waals surface area contributed by atoms with Crippen LogP contribution in [0.2, 0.25) is 0 Å². The van der Waals surface area contributed by atoms with Gasteiger partial charge < -0.3 is 14.8 Å². The molecule has 0 spiro atoms. The van der Waals surface area contributed by atoms with Crippen molar-refractivity contribution in [1.82, 2.24) is 29.9 Å². The molecule has 30 heavy (non-hydrogen) atoms. The van der Waals surface area contributed by atoms with Crippen molar-refractivity contribution in [2.45, 2.75) is 13.1 Å². The van der Waals surface area contributed by atoms with Gasteiger partial charge in [0.2, 0.25) is 12.7 Å². The van der Waals surface area contributed by atoms with Gasteiger partial charge in [-0.05, 0) is 29.8 Å². The number of nitrogens with zero attached hydrogens (tertiary/aromatic N) is 5. The first-order chi connectivity index (χ1) is 14.7. The molecule has 1 amide bonds. The fraction of sp³-hybridized carbons (Fsp3) is 0.150. The van der Waals surface area contributed by atoms with Crippen LogP contribution in [0.15, 0.2) is 59.7 Å². The van der Waals surface area contributed by atoms with Crippen molar-refractivity contribution in [3.8, 4) is 17.2 Å². The fourth-order valence-corrected chi connectivity index (χ4v) is 3.16. The molecule has 150 valence electrons. The zero-order valence-electron chi connectivity index (χ0n) is 15.7. The Kier molecular flexibility index (Phi) is 4.36. The largest absolute Gasteiger partial charge is 0.454 e. The molecule has 0 aliphatic carbocycles. The molecule has 10 heteroatoms. The van der Waals surface area contributed by atoms with Gasteiger partial charge in [0.05, 0.1) is 5.69 Å². The summed E-state index contributed by atoms with van der Waals surface area (Å²) < 4.78 is 13.3. The quantitative estimate of drug-likeness (QED) is 0.528. The first-order valence-electron chi connectivity index (χ1n) is 9.20.